The minimum Gasteiger partial charge on any atom is -0.497 e. The van der Waals surface area contributed by atoms with E-state index in [1.165, 1.54) is 16.7 Å². The predicted octanol–water partition coefficient (Wildman–Crippen LogP) is 1.05. The number of nitrogens with one attached hydrogen (secondary N) is 2. The van der Waals surface area contributed by atoms with E-state index >= 15 is 0 Å². The zero-order chi connectivity index (χ0) is 22.3. The van der Waals surface area contributed by atoms with Gasteiger partial charge in [-0.1, -0.05) is 30.0 Å². The largest absolute Gasteiger partial charge is 0.497 e. The normalized spacial score (nSPS) is 14.4. The van der Waals surface area contributed by atoms with E-state index in [-0.39, 0.29) is 17.2 Å². The van der Waals surface area contributed by atoms with Crippen molar-refractivity contribution in [2.24, 2.45) is 0 Å². The summed E-state index contributed by atoms with van der Waals surface area (Å²) in [5.41, 5.74) is 1.23. The second-order valence-corrected chi connectivity index (χ2v) is 8.49. The van der Waals surface area contributed by atoms with Crippen molar-refractivity contribution >= 4 is 34.3 Å². The van der Waals surface area contributed by atoms with Crippen LogP contribution in [0.2, 0.25) is 0 Å². The van der Waals surface area contributed by atoms with E-state index in [1.807, 2.05) is 30.3 Å². The van der Waals surface area contributed by atoms with E-state index in [4.69, 9.17) is 14.5 Å². The molecule has 1 aromatic heterocycles. The first-order valence-corrected chi connectivity index (χ1v) is 11.6. The highest BCUT2D eigenvalue weighted by atomic mass is 32.2. The second kappa shape index (κ2) is 10.6. The van der Waals surface area contributed by atoms with E-state index in [0.717, 1.165) is 32.8 Å². The van der Waals surface area contributed by atoms with Crippen LogP contribution in [0.25, 0.3) is 10.9 Å². The van der Waals surface area contributed by atoms with Crippen molar-refractivity contribution in [2.45, 2.75) is 11.7 Å². The van der Waals surface area contributed by atoms with Crippen LogP contribution < -0.4 is 20.5 Å². The fourth-order valence-corrected chi connectivity index (χ4v) is 4.49. The van der Waals surface area contributed by atoms with Crippen LogP contribution in [0.4, 0.5) is 5.69 Å². The Bertz CT molecular complexity index is 1140. The average Bonchev–Trinajstić information content (AvgIpc) is 2.83. The summed E-state index contributed by atoms with van der Waals surface area (Å²) in [6, 6.07) is 14.5. The first-order valence-electron chi connectivity index (χ1n) is 10.6. The lowest BCUT2D eigenvalue weighted by molar-refractivity contribution is -0.908. The Morgan fingerprint density at radius 3 is 2.84 bits per heavy atom. The van der Waals surface area contributed by atoms with Crippen LogP contribution in [-0.2, 0) is 16.1 Å². The molecule has 0 bridgehead atoms. The van der Waals surface area contributed by atoms with Gasteiger partial charge in [-0.15, -0.1) is 0 Å². The third kappa shape index (κ3) is 5.48. The average molecular weight is 456 g/mol. The Hall–Kier alpha value is -2.88. The predicted molar refractivity (Wildman–Crippen MR) is 125 cm³/mol. The molecule has 1 aliphatic heterocycles. The van der Waals surface area contributed by atoms with E-state index in [9.17, 15) is 9.59 Å². The number of anilines is 1. The summed E-state index contributed by atoms with van der Waals surface area (Å²) >= 11 is 1.27. The van der Waals surface area contributed by atoms with Gasteiger partial charge < -0.3 is 19.7 Å². The zero-order valence-electron chi connectivity index (χ0n) is 18.0. The number of nitrogens with zero attached hydrogens (tertiary/aromatic N) is 2. The molecule has 4 rings (SSSR count). The highest BCUT2D eigenvalue weighted by Gasteiger charge is 2.17. The maximum atomic E-state index is 13.2. The van der Waals surface area contributed by atoms with Gasteiger partial charge in [0.2, 0.25) is 5.91 Å². The molecule has 0 unspecified atom stereocenters. The van der Waals surface area contributed by atoms with E-state index in [1.54, 1.807) is 29.9 Å². The van der Waals surface area contributed by atoms with Crippen LogP contribution in [0.1, 0.15) is 0 Å². The number of thioether (sulfide) groups is 1. The number of hydrogen-bond acceptors (Lipinski definition) is 6. The number of hydrogen-bond donors (Lipinski definition) is 2. The van der Waals surface area contributed by atoms with E-state index in [2.05, 4.69) is 5.32 Å². The number of benzene rings is 2. The molecule has 2 heterocycles. The summed E-state index contributed by atoms with van der Waals surface area (Å²) in [5, 5.41) is 4.02. The lowest BCUT2D eigenvalue weighted by atomic mass is 10.2. The third-order valence-corrected chi connectivity index (χ3v) is 6.38. The van der Waals surface area contributed by atoms with Crippen LogP contribution in [0.5, 0.6) is 5.75 Å². The summed E-state index contributed by atoms with van der Waals surface area (Å²) in [4.78, 5) is 31.8. The van der Waals surface area contributed by atoms with Gasteiger partial charge in [-0.2, -0.15) is 0 Å². The first kappa shape index (κ1) is 22.3. The first-order chi connectivity index (χ1) is 15.6. The number of rotatable bonds is 8. The summed E-state index contributed by atoms with van der Waals surface area (Å²) < 4.78 is 12.3. The number of carbonyl (C=O) groups excluding carboxylic acids is 1. The maximum Gasteiger partial charge on any atom is 0.262 e. The minimum absolute atomic E-state index is 0.0704. The molecule has 1 saturated heterocycles. The van der Waals surface area contributed by atoms with Gasteiger partial charge in [0.1, 0.15) is 18.8 Å². The molecule has 168 valence electrons. The van der Waals surface area contributed by atoms with Gasteiger partial charge in [0.05, 0.1) is 50.1 Å². The Morgan fingerprint density at radius 1 is 1.22 bits per heavy atom. The standard InChI is InChI=1S/C23H26N4O4S/c1-30-18-6-4-5-17(15-18)24-21(28)16-32-23-25-20-8-3-2-7-19(20)22(29)27(23)10-9-26-11-13-31-14-12-26/h2-8,15H,9-14,16H2,1H3,(H,24,28)/p+1. The fraction of sp³-hybridized carbons (Fsp3) is 0.348. The van der Waals surface area contributed by atoms with E-state index < -0.39 is 0 Å². The fourth-order valence-electron chi connectivity index (χ4n) is 3.66. The van der Waals surface area contributed by atoms with Gasteiger partial charge >= 0.3 is 0 Å². The molecule has 3 aromatic rings. The van der Waals surface area contributed by atoms with Gasteiger partial charge in [-0.3, -0.25) is 14.2 Å². The smallest absolute Gasteiger partial charge is 0.262 e. The molecule has 0 radical (unpaired) electrons. The zero-order valence-corrected chi connectivity index (χ0v) is 18.8. The molecule has 1 fully saturated rings. The van der Waals surface area contributed by atoms with Crippen molar-refractivity contribution in [1.82, 2.24) is 9.55 Å². The van der Waals surface area contributed by atoms with Crippen LogP contribution in [0, 0.1) is 0 Å². The number of fused-ring (bicyclic) bond motifs is 1. The molecule has 2 aromatic carbocycles. The number of carbonyl (C=O) groups is 1. The van der Waals surface area contributed by atoms with E-state index in [0.29, 0.717) is 34.0 Å². The highest BCUT2D eigenvalue weighted by molar-refractivity contribution is 7.99. The van der Waals surface area contributed by atoms with Gasteiger partial charge in [0.15, 0.2) is 5.16 Å². The summed E-state index contributed by atoms with van der Waals surface area (Å²) in [7, 11) is 1.58. The van der Waals surface area contributed by atoms with Gasteiger partial charge in [-0.05, 0) is 24.3 Å². The quantitative estimate of drug-likeness (QED) is 0.390. The van der Waals surface area contributed by atoms with Crippen LogP contribution in [0.3, 0.4) is 0 Å². The van der Waals surface area contributed by atoms with Crippen molar-refractivity contribution < 1.29 is 19.2 Å². The summed E-state index contributed by atoms with van der Waals surface area (Å²) in [5.74, 6) is 0.647. The number of para-hydroxylation sites is 1. The molecule has 0 atom stereocenters. The summed E-state index contributed by atoms with van der Waals surface area (Å²) in [6.07, 6.45) is 0. The van der Waals surface area contributed by atoms with Crippen molar-refractivity contribution in [3.63, 3.8) is 0 Å². The lowest BCUT2D eigenvalue weighted by Gasteiger charge is -2.24. The molecule has 0 saturated carbocycles. The van der Waals surface area contributed by atoms with Gasteiger partial charge in [-0.25, -0.2) is 4.98 Å². The molecule has 0 aliphatic carbocycles. The maximum absolute atomic E-state index is 13.2. The van der Waals surface area contributed by atoms with Crippen LogP contribution in [0.15, 0.2) is 58.5 Å². The minimum atomic E-state index is -0.170. The topological polar surface area (TPSA) is 86.9 Å². The van der Waals surface area contributed by atoms with Gasteiger partial charge in [0, 0.05) is 11.8 Å². The lowest BCUT2D eigenvalue weighted by Crippen LogP contribution is -3.14. The monoisotopic (exact) mass is 455 g/mol. The molecule has 2 N–H and O–H groups in total. The van der Waals surface area contributed by atoms with Crippen LogP contribution in [-0.4, -0.2) is 61.2 Å². The molecular weight excluding hydrogens is 428 g/mol. The SMILES string of the molecule is COc1cccc(NC(=O)CSc2nc3ccccc3c(=O)n2CC[NH+]2CCOCC2)c1. The summed E-state index contributed by atoms with van der Waals surface area (Å²) in [6.45, 7) is 4.71. The number of amides is 1. The number of methoxy groups -OCH3 is 1. The Kier molecular flexibility index (Phi) is 7.41. The van der Waals surface area contributed by atoms with Crippen molar-refractivity contribution in [2.75, 3.05) is 51.0 Å². The Labute approximate surface area is 190 Å². The molecule has 1 amide bonds. The molecular formula is C23H27N4O4S+. The number of ether oxygens (including phenoxy) is 2. The molecule has 32 heavy (non-hydrogen) atoms. The Balaban J connectivity index is 1.50. The number of morpholine rings is 1. The van der Waals surface area contributed by atoms with Gasteiger partial charge in [0.25, 0.3) is 5.56 Å². The Morgan fingerprint density at radius 2 is 2.03 bits per heavy atom. The number of quaternary nitrogens is 1. The highest BCUT2D eigenvalue weighted by Crippen LogP contribution is 2.20. The van der Waals surface area contributed by atoms with Crippen LogP contribution >= 0.6 is 11.8 Å². The van der Waals surface area contributed by atoms with Crippen molar-refractivity contribution in [3.8, 4) is 5.75 Å². The third-order valence-electron chi connectivity index (χ3n) is 5.40. The second-order valence-electron chi connectivity index (χ2n) is 7.55. The molecule has 1 aliphatic rings. The molecule has 9 heteroatoms. The van der Waals surface area contributed by atoms with Crippen molar-refractivity contribution in [3.05, 3.63) is 58.9 Å². The molecule has 8 nitrogen and oxygen atoms in total. The molecule has 0 spiro atoms. The number of aromatic nitrogens is 2. The van der Waals surface area contributed by atoms with Crippen molar-refractivity contribution in [1.29, 1.82) is 0 Å².